The van der Waals surface area contributed by atoms with E-state index in [0.29, 0.717) is 0 Å². The van der Waals surface area contributed by atoms with Gasteiger partial charge >= 0.3 is 7.82 Å². The Bertz CT molecular complexity index is 493. The fraction of sp³-hybridized carbons (Fsp3) is 0.250. The molecule has 0 aliphatic rings. The van der Waals surface area contributed by atoms with Gasteiger partial charge in [-0.15, -0.1) is 0 Å². The van der Waals surface area contributed by atoms with Crippen LogP contribution in [0.1, 0.15) is 5.56 Å². The van der Waals surface area contributed by atoms with Gasteiger partial charge in [0.25, 0.3) is 10.1 Å². The molecule has 0 amide bonds. The summed E-state index contributed by atoms with van der Waals surface area (Å²) >= 11 is 0. The van der Waals surface area contributed by atoms with E-state index in [-0.39, 0.29) is 22.0 Å². The molecule has 0 saturated carbocycles. The first kappa shape index (κ1) is 20.1. The fourth-order valence-corrected chi connectivity index (χ4v) is 1.19. The van der Waals surface area contributed by atoms with E-state index >= 15 is 0 Å². The summed E-state index contributed by atoms with van der Waals surface area (Å²) in [5.74, 6) is 0. The molecule has 0 aliphatic carbocycles. The molecule has 0 aliphatic heterocycles. The number of benzene rings is 1. The van der Waals surface area contributed by atoms with Gasteiger partial charge in [0.1, 0.15) is 0 Å². The molecule has 0 bridgehead atoms. The number of hydrogen-bond acceptors (Lipinski definition) is 4. The number of aryl methyl sites for hydroxylation is 1. The van der Waals surface area contributed by atoms with Crippen molar-refractivity contribution in [2.24, 2.45) is 0 Å². The molecule has 0 atom stereocenters. The van der Waals surface area contributed by atoms with Crippen molar-refractivity contribution in [2.45, 2.75) is 11.8 Å². The van der Waals surface area contributed by atoms with Crippen LogP contribution in [0.25, 0.3) is 0 Å². The van der Waals surface area contributed by atoms with Gasteiger partial charge in [0, 0.05) is 24.2 Å². The van der Waals surface area contributed by atoms with Crippen LogP contribution in [-0.4, -0.2) is 29.9 Å². The summed E-state index contributed by atoms with van der Waals surface area (Å²) < 4.78 is 42.6. The van der Waals surface area contributed by atoms with Gasteiger partial charge in [-0.1, -0.05) is 17.7 Å². The Morgan fingerprint density at radius 3 is 1.72 bits per heavy atom. The summed E-state index contributed by atoms with van der Waals surface area (Å²) in [6.45, 7) is 1.84. The van der Waals surface area contributed by atoms with E-state index in [1.54, 1.807) is 12.1 Å². The smallest absolute Gasteiger partial charge is 0.303 e. The molecule has 1 aromatic rings. The largest absolute Gasteiger partial charge is 0.469 e. The number of rotatable bonds is 2. The third kappa shape index (κ3) is 9.76. The van der Waals surface area contributed by atoms with Crippen LogP contribution >= 0.6 is 7.82 Å². The van der Waals surface area contributed by atoms with Gasteiger partial charge in [0.15, 0.2) is 0 Å². The van der Waals surface area contributed by atoms with Gasteiger partial charge in [-0.3, -0.25) is 9.08 Å². The van der Waals surface area contributed by atoms with Crippen molar-refractivity contribution in [3.63, 3.8) is 0 Å². The molecule has 10 heteroatoms. The molecule has 18 heavy (non-hydrogen) atoms. The Kier molecular flexibility index (Phi) is 8.97. The van der Waals surface area contributed by atoms with E-state index in [4.69, 9.17) is 14.3 Å². The van der Waals surface area contributed by atoms with Crippen LogP contribution in [0.3, 0.4) is 0 Å². The first-order chi connectivity index (χ1) is 7.56. The van der Waals surface area contributed by atoms with Crippen LogP contribution < -0.4 is 0 Å². The van der Waals surface area contributed by atoms with Crippen LogP contribution in [-0.2, 0) is 36.3 Å². The quantitative estimate of drug-likeness (QED) is 0.414. The van der Waals surface area contributed by atoms with Crippen molar-refractivity contribution in [1.29, 1.82) is 0 Å². The molecule has 1 radical (unpaired) electrons. The Hall–Kier alpha value is -0.241. The van der Waals surface area contributed by atoms with Gasteiger partial charge in [0.2, 0.25) is 0 Å². The second-order valence-corrected chi connectivity index (χ2v) is 5.73. The maximum Gasteiger partial charge on any atom is 0.469 e. The second-order valence-electron chi connectivity index (χ2n) is 2.96. The Morgan fingerprint density at radius 2 is 1.50 bits per heavy atom. The van der Waals surface area contributed by atoms with Crippen LogP contribution in [0.5, 0.6) is 0 Å². The monoisotopic (exact) mass is 347 g/mol. The van der Waals surface area contributed by atoms with Gasteiger partial charge in [-0.05, 0) is 19.1 Å². The van der Waals surface area contributed by atoms with Crippen molar-refractivity contribution in [2.75, 3.05) is 7.11 Å². The minimum Gasteiger partial charge on any atom is -0.303 e. The SMILES string of the molecule is COP(=O)(O)O.Cc1ccc(S(=O)(=O)O)cc1.[Cu]. The normalized spacial score (nSPS) is 10.9. The summed E-state index contributed by atoms with van der Waals surface area (Å²) in [5, 5.41) is 0. The molecule has 0 saturated heterocycles. The zero-order chi connectivity index (χ0) is 13.7. The molecular formula is C8H13CuO7PS. The fourth-order valence-electron chi connectivity index (χ4n) is 0.710. The predicted octanol–water partition coefficient (Wildman–Crippen LogP) is 0.965. The topological polar surface area (TPSA) is 121 Å². The third-order valence-electron chi connectivity index (χ3n) is 1.56. The molecule has 0 spiro atoms. The van der Waals surface area contributed by atoms with Gasteiger partial charge in [0.05, 0.1) is 4.90 Å². The molecule has 0 aromatic heterocycles. The molecule has 7 nitrogen and oxygen atoms in total. The van der Waals surface area contributed by atoms with Gasteiger partial charge in [-0.25, -0.2) is 4.57 Å². The zero-order valence-corrected chi connectivity index (χ0v) is 12.1. The number of phosphoric acid groups is 1. The van der Waals surface area contributed by atoms with E-state index in [2.05, 4.69) is 4.52 Å². The molecule has 0 heterocycles. The molecular weight excluding hydrogens is 335 g/mol. The maximum absolute atomic E-state index is 10.5. The average molecular weight is 348 g/mol. The predicted molar refractivity (Wildman–Crippen MR) is 60.0 cm³/mol. The first-order valence-electron chi connectivity index (χ1n) is 4.21. The minimum atomic E-state index is -4.15. The van der Waals surface area contributed by atoms with Gasteiger partial charge in [-0.2, -0.15) is 8.42 Å². The van der Waals surface area contributed by atoms with Crippen LogP contribution in [0.15, 0.2) is 29.2 Å². The standard InChI is InChI=1S/C7H8O3S.CH5O4P.Cu/c1-6-2-4-7(5-3-6)11(8,9)10;1-5-6(2,3)4;/h2-5H,1H3,(H,8,9,10);1H3,(H2,2,3,4);. The molecule has 109 valence electrons. The van der Waals surface area contributed by atoms with Crippen molar-refractivity contribution in [3.05, 3.63) is 29.8 Å². The molecule has 0 fully saturated rings. The molecule has 1 aromatic carbocycles. The summed E-state index contributed by atoms with van der Waals surface area (Å²) in [4.78, 5) is 15.4. The molecule has 0 unspecified atom stereocenters. The Morgan fingerprint density at radius 1 is 1.17 bits per heavy atom. The van der Waals surface area contributed by atoms with E-state index < -0.39 is 17.9 Å². The maximum atomic E-state index is 10.5. The summed E-state index contributed by atoms with van der Waals surface area (Å²) in [5.41, 5.74) is 0.956. The third-order valence-corrected chi connectivity index (χ3v) is 2.90. The van der Waals surface area contributed by atoms with Crippen LogP contribution in [0.4, 0.5) is 0 Å². The number of phosphoric ester groups is 1. The van der Waals surface area contributed by atoms with E-state index in [9.17, 15) is 13.0 Å². The number of hydrogen-bond donors (Lipinski definition) is 3. The van der Waals surface area contributed by atoms with Crippen molar-refractivity contribution >= 4 is 17.9 Å². The van der Waals surface area contributed by atoms with Crippen LogP contribution in [0.2, 0.25) is 0 Å². The summed E-state index contributed by atoms with van der Waals surface area (Å²) in [6, 6.07) is 5.99. The minimum absolute atomic E-state index is 0. The van der Waals surface area contributed by atoms with E-state index in [1.807, 2.05) is 6.92 Å². The summed E-state index contributed by atoms with van der Waals surface area (Å²) in [7, 11) is -7.22. The Balaban J connectivity index is 0. The Labute approximate surface area is 116 Å². The van der Waals surface area contributed by atoms with E-state index in [1.165, 1.54) is 12.1 Å². The van der Waals surface area contributed by atoms with Crippen LogP contribution in [0, 0.1) is 6.92 Å². The van der Waals surface area contributed by atoms with E-state index in [0.717, 1.165) is 12.7 Å². The molecule has 3 N–H and O–H groups in total. The van der Waals surface area contributed by atoms with Gasteiger partial charge < -0.3 is 9.79 Å². The van der Waals surface area contributed by atoms with Crippen molar-refractivity contribution in [3.8, 4) is 0 Å². The summed E-state index contributed by atoms with van der Waals surface area (Å²) in [6.07, 6.45) is 0. The second kappa shape index (κ2) is 8.04. The average Bonchev–Trinajstić information content (AvgIpc) is 2.17. The first-order valence-corrected chi connectivity index (χ1v) is 7.19. The molecule has 1 rings (SSSR count). The van der Waals surface area contributed by atoms with Crippen molar-refractivity contribution < 1.29 is 48.9 Å². The van der Waals surface area contributed by atoms with Crippen molar-refractivity contribution in [1.82, 2.24) is 0 Å². The zero-order valence-electron chi connectivity index (χ0n) is 9.44.